The summed E-state index contributed by atoms with van der Waals surface area (Å²) in [4.78, 5) is 11.1. The molecule has 3 rings (SSSR count). The van der Waals surface area contributed by atoms with Crippen LogP contribution < -0.4 is 0 Å². The van der Waals surface area contributed by atoms with E-state index in [1.807, 2.05) is 0 Å². The molecule has 0 aromatic carbocycles. The van der Waals surface area contributed by atoms with Gasteiger partial charge >= 0.3 is 5.97 Å². The first-order valence-corrected chi connectivity index (χ1v) is 12.1. The van der Waals surface area contributed by atoms with E-state index >= 15 is 0 Å². The van der Waals surface area contributed by atoms with Crippen LogP contribution in [0.2, 0.25) is 0 Å². The number of hydrogen-bond donors (Lipinski definition) is 10. The Morgan fingerprint density at radius 3 is 1.43 bits per heavy atom. The summed E-state index contributed by atoms with van der Waals surface area (Å²) in [5, 5.41) is 98.7. The third kappa shape index (κ3) is 7.59. The van der Waals surface area contributed by atoms with E-state index in [4.69, 9.17) is 43.0 Å². The van der Waals surface area contributed by atoms with Crippen molar-refractivity contribution in [2.75, 3.05) is 33.9 Å². The van der Waals surface area contributed by atoms with E-state index in [1.165, 1.54) is 7.11 Å². The van der Waals surface area contributed by atoms with Crippen molar-refractivity contribution in [2.45, 2.75) is 92.1 Å². The fraction of sp³-hybridized carbons (Fsp3) is 0.952. The Morgan fingerprint density at radius 2 is 0.975 bits per heavy atom. The highest BCUT2D eigenvalue weighted by molar-refractivity contribution is 5.73. The molecular formula is C21H36O19. The van der Waals surface area contributed by atoms with E-state index in [0.29, 0.717) is 0 Å². The molecule has 3 aliphatic rings. The smallest absolute Gasteiger partial charge is 0.335 e. The Labute approximate surface area is 226 Å². The van der Waals surface area contributed by atoms with Crippen LogP contribution in [0, 0.1) is 0 Å². The summed E-state index contributed by atoms with van der Waals surface area (Å²) >= 11 is 0. The number of aliphatic hydroxyl groups is 9. The zero-order chi connectivity index (χ0) is 29.7. The lowest BCUT2D eigenvalue weighted by atomic mass is 9.99. The molecule has 0 spiro atoms. The number of rotatable bonds is 12. The van der Waals surface area contributed by atoms with Crippen LogP contribution in [-0.2, 0) is 42.7 Å². The Kier molecular flexibility index (Phi) is 12.3. The number of methoxy groups -OCH3 is 1. The third-order valence-electron chi connectivity index (χ3n) is 6.58. The maximum absolute atomic E-state index is 11.1. The molecular weight excluding hydrogens is 556 g/mol. The van der Waals surface area contributed by atoms with Gasteiger partial charge < -0.3 is 89.0 Å². The van der Waals surface area contributed by atoms with Crippen LogP contribution in [0.5, 0.6) is 0 Å². The molecule has 10 N–H and O–H groups in total. The summed E-state index contributed by atoms with van der Waals surface area (Å²) < 4.78 is 41.2. The van der Waals surface area contributed by atoms with Gasteiger partial charge in [0.2, 0.25) is 0 Å². The van der Waals surface area contributed by atoms with Crippen molar-refractivity contribution >= 4 is 5.97 Å². The maximum Gasteiger partial charge on any atom is 0.335 e. The summed E-state index contributed by atoms with van der Waals surface area (Å²) in [7, 11) is 1.23. The minimum absolute atomic E-state index is 0.341. The summed E-state index contributed by atoms with van der Waals surface area (Å²) in [5.74, 6) is -1.60. The molecule has 3 saturated heterocycles. The van der Waals surface area contributed by atoms with E-state index in [9.17, 15) is 50.8 Å². The van der Waals surface area contributed by atoms with Gasteiger partial charge in [-0.3, -0.25) is 0 Å². The number of carboxylic acid groups (broad SMARTS) is 1. The zero-order valence-electron chi connectivity index (χ0n) is 21.1. The highest BCUT2D eigenvalue weighted by atomic mass is 16.8. The molecule has 0 radical (unpaired) electrons. The molecule has 0 aromatic rings. The van der Waals surface area contributed by atoms with E-state index in [2.05, 4.69) is 0 Å². The Morgan fingerprint density at radius 1 is 0.575 bits per heavy atom. The van der Waals surface area contributed by atoms with Crippen molar-refractivity contribution in [3.8, 4) is 0 Å². The summed E-state index contributed by atoms with van der Waals surface area (Å²) in [5.41, 5.74) is 0. The van der Waals surface area contributed by atoms with E-state index in [1.54, 1.807) is 0 Å². The monoisotopic (exact) mass is 592 g/mol. The quantitative estimate of drug-likeness (QED) is 0.0743. The predicted molar refractivity (Wildman–Crippen MR) is 118 cm³/mol. The minimum atomic E-state index is -1.91. The molecule has 19 heteroatoms. The highest BCUT2D eigenvalue weighted by Gasteiger charge is 2.48. The van der Waals surface area contributed by atoms with Gasteiger partial charge in [-0.15, -0.1) is 0 Å². The summed E-state index contributed by atoms with van der Waals surface area (Å²) in [6.45, 7) is -2.06. The molecule has 0 unspecified atom stereocenters. The lowest BCUT2D eigenvalue weighted by Gasteiger charge is -2.41. The Hall–Kier alpha value is -1.21. The fourth-order valence-corrected chi connectivity index (χ4v) is 4.19. The highest BCUT2D eigenvalue weighted by Crippen LogP contribution is 2.25. The van der Waals surface area contributed by atoms with Crippen LogP contribution in [0.25, 0.3) is 0 Å². The minimum Gasteiger partial charge on any atom is -0.479 e. The van der Waals surface area contributed by atoms with Gasteiger partial charge in [-0.2, -0.15) is 0 Å². The molecule has 3 heterocycles. The lowest BCUT2D eigenvalue weighted by molar-refractivity contribution is -0.333. The molecule has 0 aromatic heterocycles. The SMILES string of the molecule is CO[C@@H]1O[C@H](COCO[C@@H]2O[C@H](COCO[C@@H]3O[C@H](C(=O)O)[C@@H](O)[C@H](O)[C@H]3O)[C@H](O)[C@H](O)[C@H]2O)[C@@H](O)[C@H](O)[C@H]1O. The van der Waals surface area contributed by atoms with Gasteiger partial charge in [0, 0.05) is 7.11 Å². The first kappa shape index (κ1) is 33.3. The summed E-state index contributed by atoms with van der Waals surface area (Å²) in [6, 6.07) is 0. The topological polar surface area (TPSA) is 293 Å². The molecule has 40 heavy (non-hydrogen) atoms. The van der Waals surface area contributed by atoms with Gasteiger partial charge in [0.25, 0.3) is 0 Å². The summed E-state index contributed by atoms with van der Waals surface area (Å²) in [6.07, 6.45) is -24.0. The van der Waals surface area contributed by atoms with Crippen molar-refractivity contribution in [1.82, 2.24) is 0 Å². The van der Waals surface area contributed by atoms with Gasteiger partial charge in [0.05, 0.1) is 13.2 Å². The number of carboxylic acids is 1. The predicted octanol–water partition coefficient (Wildman–Crippen LogP) is -6.88. The maximum atomic E-state index is 11.1. The molecule has 0 bridgehead atoms. The van der Waals surface area contributed by atoms with Crippen LogP contribution in [-0.4, -0.2) is 183 Å². The number of hydrogen-bond acceptors (Lipinski definition) is 18. The van der Waals surface area contributed by atoms with E-state index < -0.39 is 118 Å². The number of aliphatic hydroxyl groups excluding tert-OH is 9. The average Bonchev–Trinajstić information content (AvgIpc) is 2.93. The van der Waals surface area contributed by atoms with Crippen LogP contribution >= 0.6 is 0 Å². The van der Waals surface area contributed by atoms with Gasteiger partial charge in [-0.25, -0.2) is 4.79 Å². The van der Waals surface area contributed by atoms with Gasteiger partial charge in [-0.1, -0.05) is 0 Å². The van der Waals surface area contributed by atoms with Crippen LogP contribution in [0.15, 0.2) is 0 Å². The number of ether oxygens (including phenoxy) is 8. The lowest BCUT2D eigenvalue weighted by Crippen LogP contribution is -2.60. The molecule has 0 amide bonds. The van der Waals surface area contributed by atoms with Crippen LogP contribution in [0.4, 0.5) is 0 Å². The van der Waals surface area contributed by atoms with Crippen molar-refractivity contribution in [3.63, 3.8) is 0 Å². The second-order valence-corrected chi connectivity index (χ2v) is 9.31. The second kappa shape index (κ2) is 14.8. The van der Waals surface area contributed by atoms with Crippen molar-refractivity contribution in [2.24, 2.45) is 0 Å². The van der Waals surface area contributed by atoms with Crippen LogP contribution in [0.3, 0.4) is 0 Å². The second-order valence-electron chi connectivity index (χ2n) is 9.31. The van der Waals surface area contributed by atoms with Crippen LogP contribution in [0.1, 0.15) is 0 Å². The van der Waals surface area contributed by atoms with Crippen molar-refractivity contribution < 1.29 is 93.8 Å². The van der Waals surface area contributed by atoms with Crippen molar-refractivity contribution in [3.05, 3.63) is 0 Å². The third-order valence-corrected chi connectivity index (χ3v) is 6.58. The average molecular weight is 593 g/mol. The Balaban J connectivity index is 1.43. The Bertz CT molecular complexity index is 787. The van der Waals surface area contributed by atoms with E-state index in [0.717, 1.165) is 0 Å². The number of aliphatic carboxylic acids is 1. The molecule has 0 saturated carbocycles. The molecule has 3 fully saturated rings. The standard InChI is InChI=1S/C21H36O19/c1-33-19-14(28)10(24)8(22)6(38-19)2-34-4-36-20-15(29)11(25)9(23)7(39-20)3-35-5-37-21-16(30)12(26)13(27)17(40-21)18(31)32/h6-17,19-30H,2-5H2,1H3,(H,31,32)/t6-,7-,8-,9+,10+,11+,12+,13+,14-,15-,16-,17+,19-,20-,21-/m1/s1. The van der Waals surface area contributed by atoms with E-state index in [-0.39, 0.29) is 6.61 Å². The molecule has 234 valence electrons. The normalized spacial score (nSPS) is 46.3. The molecule has 19 nitrogen and oxygen atoms in total. The molecule has 0 aliphatic carbocycles. The fourth-order valence-electron chi connectivity index (χ4n) is 4.19. The molecule has 15 atom stereocenters. The first-order valence-electron chi connectivity index (χ1n) is 12.1. The van der Waals surface area contributed by atoms with Gasteiger partial charge in [0.1, 0.15) is 80.7 Å². The number of carbonyl (C=O) groups is 1. The van der Waals surface area contributed by atoms with Crippen molar-refractivity contribution in [1.29, 1.82) is 0 Å². The van der Waals surface area contributed by atoms with Gasteiger partial charge in [-0.05, 0) is 0 Å². The first-order chi connectivity index (χ1) is 18.9. The van der Waals surface area contributed by atoms with Gasteiger partial charge in [0.15, 0.2) is 25.0 Å². The molecule has 3 aliphatic heterocycles. The largest absolute Gasteiger partial charge is 0.479 e. The zero-order valence-corrected chi connectivity index (χ0v) is 21.1.